The molecule has 1 aromatic rings. The molecule has 0 bridgehead atoms. The SMILES string of the molecule is CC1CC(C)N(CCc2nc(CCl)cs2)C1. The van der Waals surface area contributed by atoms with Gasteiger partial charge in [-0.3, -0.25) is 4.90 Å². The molecule has 2 heterocycles. The van der Waals surface area contributed by atoms with Crippen LogP contribution in [0.15, 0.2) is 5.38 Å². The van der Waals surface area contributed by atoms with Crippen molar-refractivity contribution in [2.24, 2.45) is 5.92 Å². The number of nitrogens with zero attached hydrogens (tertiary/aromatic N) is 2. The molecule has 90 valence electrons. The standard InChI is InChI=1S/C12H19ClN2S/c1-9-5-10(2)15(7-9)4-3-12-14-11(6-13)8-16-12/h8-10H,3-7H2,1-2H3. The molecule has 0 spiro atoms. The topological polar surface area (TPSA) is 16.1 Å². The number of aromatic nitrogens is 1. The number of halogens is 1. The fourth-order valence-electron chi connectivity index (χ4n) is 2.46. The average molecular weight is 259 g/mol. The number of hydrogen-bond acceptors (Lipinski definition) is 3. The van der Waals surface area contributed by atoms with Crippen LogP contribution in [-0.2, 0) is 12.3 Å². The molecule has 1 fully saturated rings. The van der Waals surface area contributed by atoms with E-state index in [0.717, 1.165) is 30.6 Å². The van der Waals surface area contributed by atoms with Crippen molar-refractivity contribution in [3.63, 3.8) is 0 Å². The number of rotatable bonds is 4. The van der Waals surface area contributed by atoms with Gasteiger partial charge >= 0.3 is 0 Å². The normalized spacial score (nSPS) is 26.4. The van der Waals surface area contributed by atoms with Gasteiger partial charge in [-0.05, 0) is 19.3 Å². The Morgan fingerprint density at radius 3 is 2.94 bits per heavy atom. The quantitative estimate of drug-likeness (QED) is 0.772. The molecule has 1 aliphatic heterocycles. The first kappa shape index (κ1) is 12.3. The summed E-state index contributed by atoms with van der Waals surface area (Å²) in [4.78, 5) is 7.07. The average Bonchev–Trinajstić information content (AvgIpc) is 2.82. The molecule has 2 atom stereocenters. The highest BCUT2D eigenvalue weighted by Gasteiger charge is 2.25. The van der Waals surface area contributed by atoms with E-state index in [9.17, 15) is 0 Å². The van der Waals surface area contributed by atoms with E-state index < -0.39 is 0 Å². The Morgan fingerprint density at radius 1 is 1.56 bits per heavy atom. The predicted octanol–water partition coefficient (Wildman–Crippen LogP) is 3.15. The molecule has 0 aliphatic carbocycles. The molecular weight excluding hydrogens is 240 g/mol. The summed E-state index contributed by atoms with van der Waals surface area (Å²) in [6.07, 6.45) is 2.41. The number of likely N-dealkylation sites (tertiary alicyclic amines) is 1. The fourth-order valence-corrected chi connectivity index (χ4v) is 3.48. The summed E-state index contributed by atoms with van der Waals surface area (Å²) < 4.78 is 0. The minimum atomic E-state index is 0.535. The second kappa shape index (κ2) is 5.48. The number of thiazole rings is 1. The van der Waals surface area contributed by atoms with Crippen molar-refractivity contribution in [2.75, 3.05) is 13.1 Å². The van der Waals surface area contributed by atoms with E-state index in [2.05, 4.69) is 29.1 Å². The lowest BCUT2D eigenvalue weighted by molar-refractivity contribution is 0.268. The maximum Gasteiger partial charge on any atom is 0.0941 e. The van der Waals surface area contributed by atoms with Gasteiger partial charge < -0.3 is 0 Å². The van der Waals surface area contributed by atoms with Gasteiger partial charge in [-0.2, -0.15) is 0 Å². The van der Waals surface area contributed by atoms with E-state index in [0.29, 0.717) is 5.88 Å². The maximum absolute atomic E-state index is 5.74. The van der Waals surface area contributed by atoms with E-state index in [1.165, 1.54) is 18.0 Å². The van der Waals surface area contributed by atoms with E-state index >= 15 is 0 Å². The number of alkyl halides is 1. The summed E-state index contributed by atoms with van der Waals surface area (Å²) in [5.41, 5.74) is 1.02. The van der Waals surface area contributed by atoms with Crippen LogP contribution in [0.25, 0.3) is 0 Å². The third-order valence-electron chi connectivity index (χ3n) is 3.26. The summed E-state index contributed by atoms with van der Waals surface area (Å²) in [5.74, 6) is 1.39. The van der Waals surface area contributed by atoms with Gasteiger partial charge in [0.05, 0.1) is 16.6 Å². The molecule has 1 aliphatic rings. The van der Waals surface area contributed by atoms with Crippen molar-refractivity contribution >= 4 is 22.9 Å². The molecule has 2 nitrogen and oxygen atoms in total. The minimum Gasteiger partial charge on any atom is -0.300 e. The lowest BCUT2D eigenvalue weighted by Crippen LogP contribution is -2.29. The molecule has 1 aromatic heterocycles. The van der Waals surface area contributed by atoms with Crippen LogP contribution in [0, 0.1) is 5.92 Å². The van der Waals surface area contributed by atoms with E-state index in [-0.39, 0.29) is 0 Å². The Hall–Kier alpha value is -0.120. The van der Waals surface area contributed by atoms with Gasteiger partial charge in [0.2, 0.25) is 0 Å². The Labute approximate surface area is 107 Å². The summed E-state index contributed by atoms with van der Waals surface area (Å²) in [6, 6.07) is 0.738. The van der Waals surface area contributed by atoms with Crippen molar-refractivity contribution in [3.05, 3.63) is 16.1 Å². The van der Waals surface area contributed by atoms with Crippen LogP contribution in [-0.4, -0.2) is 29.0 Å². The first-order valence-electron chi connectivity index (χ1n) is 5.92. The van der Waals surface area contributed by atoms with Crippen LogP contribution in [0.1, 0.15) is 31.0 Å². The molecule has 16 heavy (non-hydrogen) atoms. The Kier molecular flexibility index (Phi) is 4.22. The summed E-state index contributed by atoms with van der Waals surface area (Å²) >= 11 is 7.48. The van der Waals surface area contributed by atoms with Gasteiger partial charge in [0, 0.05) is 30.9 Å². The zero-order valence-corrected chi connectivity index (χ0v) is 11.5. The molecule has 2 unspecified atom stereocenters. The zero-order chi connectivity index (χ0) is 11.5. The highest BCUT2D eigenvalue weighted by molar-refractivity contribution is 7.09. The molecule has 0 N–H and O–H groups in total. The Balaban J connectivity index is 1.83. The van der Waals surface area contributed by atoms with Crippen LogP contribution < -0.4 is 0 Å². The molecule has 0 amide bonds. The lowest BCUT2D eigenvalue weighted by atomic mass is 10.1. The van der Waals surface area contributed by atoms with Crippen LogP contribution in [0.2, 0.25) is 0 Å². The van der Waals surface area contributed by atoms with E-state index in [4.69, 9.17) is 11.6 Å². The second-order valence-electron chi connectivity index (χ2n) is 4.80. The highest BCUT2D eigenvalue weighted by atomic mass is 35.5. The van der Waals surface area contributed by atoms with Crippen LogP contribution >= 0.6 is 22.9 Å². The minimum absolute atomic E-state index is 0.535. The molecule has 4 heteroatoms. The third kappa shape index (κ3) is 2.96. The Morgan fingerprint density at radius 2 is 2.38 bits per heavy atom. The van der Waals surface area contributed by atoms with Crippen LogP contribution in [0.4, 0.5) is 0 Å². The van der Waals surface area contributed by atoms with Crippen molar-refractivity contribution in [3.8, 4) is 0 Å². The lowest BCUT2D eigenvalue weighted by Gasteiger charge is -2.19. The van der Waals surface area contributed by atoms with Crippen molar-refractivity contribution < 1.29 is 0 Å². The van der Waals surface area contributed by atoms with Gasteiger partial charge in [-0.15, -0.1) is 22.9 Å². The second-order valence-corrected chi connectivity index (χ2v) is 6.01. The van der Waals surface area contributed by atoms with E-state index in [1.807, 2.05) is 0 Å². The smallest absolute Gasteiger partial charge is 0.0941 e. The molecule has 0 radical (unpaired) electrons. The largest absolute Gasteiger partial charge is 0.300 e. The molecule has 0 aromatic carbocycles. The fraction of sp³-hybridized carbons (Fsp3) is 0.750. The van der Waals surface area contributed by atoms with Crippen molar-refractivity contribution in [1.29, 1.82) is 0 Å². The predicted molar refractivity (Wildman–Crippen MR) is 70.2 cm³/mol. The van der Waals surface area contributed by atoms with Gasteiger partial charge in [-0.1, -0.05) is 6.92 Å². The summed E-state index contributed by atoms with van der Waals surface area (Å²) in [6.45, 7) is 7.05. The first-order valence-corrected chi connectivity index (χ1v) is 7.33. The zero-order valence-electron chi connectivity index (χ0n) is 9.95. The molecular formula is C12H19ClN2S. The third-order valence-corrected chi connectivity index (χ3v) is 4.49. The van der Waals surface area contributed by atoms with Gasteiger partial charge in [-0.25, -0.2) is 4.98 Å². The first-order chi connectivity index (χ1) is 7.69. The van der Waals surface area contributed by atoms with Crippen molar-refractivity contribution in [2.45, 2.75) is 38.6 Å². The van der Waals surface area contributed by atoms with Crippen LogP contribution in [0.5, 0.6) is 0 Å². The van der Waals surface area contributed by atoms with Crippen LogP contribution in [0.3, 0.4) is 0 Å². The highest BCUT2D eigenvalue weighted by Crippen LogP contribution is 2.22. The van der Waals surface area contributed by atoms with E-state index in [1.54, 1.807) is 11.3 Å². The van der Waals surface area contributed by atoms with Crippen molar-refractivity contribution in [1.82, 2.24) is 9.88 Å². The van der Waals surface area contributed by atoms with Gasteiger partial charge in [0.15, 0.2) is 0 Å². The Bertz CT molecular complexity index is 340. The maximum atomic E-state index is 5.74. The summed E-state index contributed by atoms with van der Waals surface area (Å²) in [5, 5.41) is 3.29. The summed E-state index contributed by atoms with van der Waals surface area (Å²) in [7, 11) is 0. The molecule has 2 rings (SSSR count). The molecule has 1 saturated heterocycles. The molecule has 0 saturated carbocycles. The van der Waals surface area contributed by atoms with Gasteiger partial charge in [0.1, 0.15) is 0 Å². The monoisotopic (exact) mass is 258 g/mol. The van der Waals surface area contributed by atoms with Gasteiger partial charge in [0.25, 0.3) is 0 Å². The number of hydrogen-bond donors (Lipinski definition) is 0.